The highest BCUT2D eigenvalue weighted by molar-refractivity contribution is 5.31. The Morgan fingerprint density at radius 3 is 2.24 bits per heavy atom. The molecule has 0 heterocycles. The predicted octanol–water partition coefficient (Wildman–Crippen LogP) is 0.974. The molecular weight excluding hydrogens is 320 g/mol. The fourth-order valence-electron chi connectivity index (χ4n) is 7.23. The summed E-state index contributed by atoms with van der Waals surface area (Å²) in [5, 5.41) is 55.2. The van der Waals surface area contributed by atoms with Crippen LogP contribution in [0.2, 0.25) is 0 Å². The van der Waals surface area contributed by atoms with Gasteiger partial charge in [-0.05, 0) is 44.9 Å². The van der Waals surface area contributed by atoms with Gasteiger partial charge in [0.15, 0.2) is 0 Å². The Bertz CT molecular complexity index is 613. The summed E-state index contributed by atoms with van der Waals surface area (Å²) in [6.45, 7) is 9.67. The Morgan fingerprint density at radius 1 is 0.960 bits per heavy atom. The molecule has 0 amide bonds. The van der Waals surface area contributed by atoms with E-state index in [0.29, 0.717) is 19.3 Å². The van der Waals surface area contributed by atoms with Crippen LogP contribution in [0.4, 0.5) is 0 Å². The molecule has 4 aliphatic carbocycles. The van der Waals surface area contributed by atoms with Gasteiger partial charge in [0.2, 0.25) is 0 Å². The third kappa shape index (κ3) is 1.86. The average Bonchev–Trinajstić information content (AvgIpc) is 2.71. The lowest BCUT2D eigenvalue weighted by Crippen LogP contribution is -2.57. The molecule has 0 aromatic rings. The summed E-state index contributed by atoms with van der Waals surface area (Å²) in [6, 6.07) is 0. The highest BCUT2D eigenvalue weighted by Crippen LogP contribution is 2.68. The summed E-state index contributed by atoms with van der Waals surface area (Å²) < 4.78 is 0. The van der Waals surface area contributed by atoms with Crippen LogP contribution in [-0.2, 0) is 0 Å². The Morgan fingerprint density at radius 2 is 1.60 bits per heavy atom. The molecular formula is C20H32O5. The molecule has 5 heteroatoms. The van der Waals surface area contributed by atoms with E-state index in [4.69, 9.17) is 0 Å². The second-order valence-corrected chi connectivity index (χ2v) is 10.1. The highest BCUT2D eigenvalue weighted by Gasteiger charge is 2.72. The summed E-state index contributed by atoms with van der Waals surface area (Å²) in [5.74, 6) is -0.649. The van der Waals surface area contributed by atoms with E-state index >= 15 is 0 Å². The molecule has 4 fully saturated rings. The van der Waals surface area contributed by atoms with Crippen molar-refractivity contribution in [3.05, 3.63) is 12.2 Å². The molecule has 4 rings (SSSR count). The molecule has 0 aliphatic heterocycles. The molecule has 6 unspecified atom stereocenters. The van der Waals surface area contributed by atoms with Gasteiger partial charge in [-0.25, -0.2) is 0 Å². The van der Waals surface area contributed by atoms with Crippen molar-refractivity contribution in [1.82, 2.24) is 0 Å². The lowest BCUT2D eigenvalue weighted by atomic mass is 9.61. The van der Waals surface area contributed by atoms with Gasteiger partial charge in [-0.1, -0.05) is 26.0 Å². The van der Waals surface area contributed by atoms with E-state index in [1.807, 2.05) is 0 Å². The molecule has 4 saturated carbocycles. The normalized spacial score (nSPS) is 60.1. The molecule has 142 valence electrons. The zero-order chi connectivity index (χ0) is 18.6. The van der Waals surface area contributed by atoms with Crippen LogP contribution in [0.3, 0.4) is 0 Å². The summed E-state index contributed by atoms with van der Waals surface area (Å²) in [5.41, 5.74) is -3.12. The summed E-state index contributed by atoms with van der Waals surface area (Å²) in [4.78, 5) is 0. The van der Waals surface area contributed by atoms with Crippen molar-refractivity contribution in [2.45, 2.75) is 82.4 Å². The van der Waals surface area contributed by atoms with Gasteiger partial charge in [0.1, 0.15) is 5.60 Å². The van der Waals surface area contributed by atoms with Gasteiger partial charge in [-0.15, -0.1) is 0 Å². The van der Waals surface area contributed by atoms with Crippen molar-refractivity contribution >= 4 is 0 Å². The maximum absolute atomic E-state index is 11.6. The third-order valence-electron chi connectivity index (χ3n) is 8.75. The molecule has 1 spiro atoms. The number of hydrogen-bond donors (Lipinski definition) is 5. The van der Waals surface area contributed by atoms with E-state index in [9.17, 15) is 25.5 Å². The Kier molecular flexibility index (Phi) is 3.49. The van der Waals surface area contributed by atoms with Gasteiger partial charge < -0.3 is 25.5 Å². The minimum atomic E-state index is -1.47. The summed E-state index contributed by atoms with van der Waals surface area (Å²) in [7, 11) is 0. The minimum Gasteiger partial charge on any atom is -0.392 e. The lowest BCUT2D eigenvalue weighted by molar-refractivity contribution is -0.174. The van der Waals surface area contributed by atoms with Crippen LogP contribution in [0.15, 0.2) is 12.2 Å². The maximum atomic E-state index is 11.6. The molecule has 0 radical (unpaired) electrons. The molecule has 2 bridgehead atoms. The van der Waals surface area contributed by atoms with E-state index in [-0.39, 0.29) is 18.3 Å². The maximum Gasteiger partial charge on any atom is 0.105 e. The zero-order valence-electron chi connectivity index (χ0n) is 15.4. The first-order valence-corrected chi connectivity index (χ1v) is 9.57. The Labute approximate surface area is 149 Å². The largest absolute Gasteiger partial charge is 0.392 e. The molecule has 25 heavy (non-hydrogen) atoms. The first-order valence-electron chi connectivity index (χ1n) is 9.57. The number of aliphatic hydroxyl groups is 5. The lowest BCUT2D eigenvalue weighted by Gasteiger charge is -2.46. The van der Waals surface area contributed by atoms with Crippen LogP contribution in [-0.4, -0.2) is 55.0 Å². The SMILES string of the molecule is C=C1C2CCC3C(O)[C@@]2(CC(O)[C@@]2(O)C1CC(O)C2(C)C)C[C@@]3(C)O. The minimum absolute atomic E-state index is 0.0532. The molecule has 5 nitrogen and oxygen atoms in total. The fraction of sp³-hybridized carbons (Fsp3) is 0.900. The van der Waals surface area contributed by atoms with E-state index < -0.39 is 46.3 Å². The molecule has 0 aromatic heterocycles. The van der Waals surface area contributed by atoms with Gasteiger partial charge in [-0.3, -0.25) is 0 Å². The zero-order valence-corrected chi connectivity index (χ0v) is 15.4. The molecule has 0 saturated heterocycles. The number of rotatable bonds is 0. The van der Waals surface area contributed by atoms with Crippen molar-refractivity contribution in [3.63, 3.8) is 0 Å². The number of fused-ring (bicyclic) bond motifs is 2. The average molecular weight is 352 g/mol. The molecule has 5 N–H and O–H groups in total. The predicted molar refractivity (Wildman–Crippen MR) is 92.5 cm³/mol. The van der Waals surface area contributed by atoms with Crippen LogP contribution >= 0.6 is 0 Å². The summed E-state index contributed by atoms with van der Waals surface area (Å²) >= 11 is 0. The van der Waals surface area contributed by atoms with Crippen LogP contribution in [0.25, 0.3) is 0 Å². The van der Waals surface area contributed by atoms with Crippen LogP contribution in [0, 0.1) is 28.6 Å². The quantitative estimate of drug-likeness (QED) is 0.418. The smallest absolute Gasteiger partial charge is 0.105 e. The van der Waals surface area contributed by atoms with Gasteiger partial charge >= 0.3 is 0 Å². The van der Waals surface area contributed by atoms with Gasteiger partial charge in [0, 0.05) is 22.7 Å². The van der Waals surface area contributed by atoms with Crippen LogP contribution in [0.1, 0.15) is 52.9 Å². The van der Waals surface area contributed by atoms with Crippen LogP contribution < -0.4 is 0 Å². The topological polar surface area (TPSA) is 101 Å². The standard InChI is InChI=1S/C20H32O5/c1-10-11-5-6-12-16(23)19(11,9-18(12,4)24)8-15(22)20(25)13(10)7-14(21)17(20,2)3/h11-16,21-25H,1,5-9H2,2-4H3/t11?,12?,13?,14?,15?,16?,18-,19+,20+/m1/s1. The van der Waals surface area contributed by atoms with Gasteiger partial charge in [0.25, 0.3) is 0 Å². The van der Waals surface area contributed by atoms with Gasteiger partial charge in [-0.2, -0.15) is 0 Å². The van der Waals surface area contributed by atoms with E-state index in [2.05, 4.69) is 6.58 Å². The number of aliphatic hydroxyl groups excluding tert-OH is 3. The molecule has 9 atom stereocenters. The Hall–Kier alpha value is -0.460. The Balaban J connectivity index is 1.85. The van der Waals surface area contributed by atoms with Crippen molar-refractivity contribution in [2.75, 3.05) is 0 Å². The summed E-state index contributed by atoms with van der Waals surface area (Å²) in [6.07, 6.45) is 0.0421. The second-order valence-electron chi connectivity index (χ2n) is 10.1. The van der Waals surface area contributed by atoms with Crippen molar-refractivity contribution in [1.29, 1.82) is 0 Å². The molecule has 0 aromatic carbocycles. The van der Waals surface area contributed by atoms with Crippen molar-refractivity contribution in [3.8, 4) is 0 Å². The van der Waals surface area contributed by atoms with Crippen molar-refractivity contribution in [2.24, 2.45) is 28.6 Å². The first-order chi connectivity index (χ1) is 11.4. The van der Waals surface area contributed by atoms with E-state index in [1.54, 1.807) is 20.8 Å². The van der Waals surface area contributed by atoms with Crippen molar-refractivity contribution < 1.29 is 25.5 Å². The third-order valence-corrected chi connectivity index (χ3v) is 8.75. The second kappa shape index (κ2) is 4.87. The monoisotopic (exact) mass is 352 g/mol. The van der Waals surface area contributed by atoms with E-state index in [1.165, 1.54) is 0 Å². The number of hydrogen-bond acceptors (Lipinski definition) is 5. The van der Waals surface area contributed by atoms with Crippen LogP contribution in [0.5, 0.6) is 0 Å². The van der Waals surface area contributed by atoms with Gasteiger partial charge in [0.05, 0.1) is 23.9 Å². The fourth-order valence-corrected chi connectivity index (χ4v) is 7.23. The highest BCUT2D eigenvalue weighted by atomic mass is 16.4. The molecule has 4 aliphatic rings. The first kappa shape index (κ1) is 17.9. The van der Waals surface area contributed by atoms with E-state index in [0.717, 1.165) is 12.0 Å².